The number of amides is 1. The number of piperidine rings is 1. The molecule has 6 nitrogen and oxygen atoms in total. The molecule has 1 atom stereocenters. The number of nitrogens with zero attached hydrogens (tertiary/aromatic N) is 3. The number of methoxy groups -OCH3 is 1. The summed E-state index contributed by atoms with van der Waals surface area (Å²) >= 11 is 0. The first kappa shape index (κ1) is 20.8. The van der Waals surface area contributed by atoms with Crippen molar-refractivity contribution in [1.29, 1.82) is 0 Å². The summed E-state index contributed by atoms with van der Waals surface area (Å²) in [5.41, 5.74) is 4.15. The molecule has 1 N–H and O–H groups in total. The van der Waals surface area contributed by atoms with Gasteiger partial charge in [-0.2, -0.15) is 0 Å². The Morgan fingerprint density at radius 1 is 1.13 bits per heavy atom. The van der Waals surface area contributed by atoms with Gasteiger partial charge in [-0.25, -0.2) is 0 Å². The zero-order valence-electron chi connectivity index (χ0n) is 18.0. The highest BCUT2D eigenvalue weighted by molar-refractivity contribution is 5.79. The van der Waals surface area contributed by atoms with E-state index in [0.29, 0.717) is 13.1 Å². The van der Waals surface area contributed by atoms with E-state index in [4.69, 9.17) is 4.74 Å². The molecule has 0 saturated carbocycles. The highest BCUT2D eigenvalue weighted by Crippen LogP contribution is 2.24. The minimum absolute atomic E-state index is 0.0575. The number of hydrogen-bond acceptors (Lipinski definition) is 5. The van der Waals surface area contributed by atoms with Gasteiger partial charge in [0.1, 0.15) is 5.75 Å². The van der Waals surface area contributed by atoms with E-state index in [1.807, 2.05) is 36.4 Å². The van der Waals surface area contributed by atoms with Crippen LogP contribution in [0.2, 0.25) is 0 Å². The van der Waals surface area contributed by atoms with Gasteiger partial charge in [0.2, 0.25) is 5.91 Å². The van der Waals surface area contributed by atoms with Gasteiger partial charge >= 0.3 is 0 Å². The van der Waals surface area contributed by atoms with E-state index in [9.17, 15) is 4.79 Å². The summed E-state index contributed by atoms with van der Waals surface area (Å²) in [5.74, 6) is 1.64. The van der Waals surface area contributed by atoms with Crippen LogP contribution in [0, 0.1) is 12.8 Å². The minimum atomic E-state index is -0.0575. The number of benzene rings is 2. The first-order valence-corrected chi connectivity index (χ1v) is 10.7. The molecule has 1 fully saturated rings. The second-order valence-corrected chi connectivity index (χ2v) is 8.00. The Balaban J connectivity index is 1.36. The molecule has 1 unspecified atom stereocenters. The van der Waals surface area contributed by atoms with E-state index in [2.05, 4.69) is 51.6 Å². The second kappa shape index (κ2) is 9.60. The molecule has 1 aliphatic heterocycles. The predicted molar refractivity (Wildman–Crippen MR) is 122 cm³/mol. The SMILES string of the molecule is COc1cccc(CNC(=O)C2CCCN(c3ccc(-c4ccc(C)cc4)nn3)C2)c1. The van der Waals surface area contributed by atoms with Gasteiger partial charge in [0, 0.05) is 25.2 Å². The number of ether oxygens (including phenoxy) is 1. The summed E-state index contributed by atoms with van der Waals surface area (Å²) in [6.45, 7) is 4.11. The molecule has 3 aromatic rings. The van der Waals surface area contributed by atoms with Crippen molar-refractivity contribution in [2.75, 3.05) is 25.1 Å². The quantitative estimate of drug-likeness (QED) is 0.658. The van der Waals surface area contributed by atoms with Crippen molar-refractivity contribution in [1.82, 2.24) is 15.5 Å². The fourth-order valence-electron chi connectivity index (χ4n) is 3.89. The van der Waals surface area contributed by atoms with Crippen LogP contribution in [0.4, 0.5) is 5.82 Å². The Hall–Kier alpha value is -3.41. The number of carbonyl (C=O) groups is 1. The molecule has 0 bridgehead atoms. The second-order valence-electron chi connectivity index (χ2n) is 8.00. The van der Waals surface area contributed by atoms with Gasteiger partial charge in [-0.05, 0) is 49.6 Å². The molecular formula is C25H28N4O2. The molecule has 1 aromatic heterocycles. The summed E-state index contributed by atoms with van der Waals surface area (Å²) in [6.07, 6.45) is 1.84. The average molecular weight is 417 g/mol. The van der Waals surface area contributed by atoms with Crippen molar-refractivity contribution < 1.29 is 9.53 Å². The van der Waals surface area contributed by atoms with E-state index in [-0.39, 0.29) is 11.8 Å². The Kier molecular flexibility index (Phi) is 6.46. The Morgan fingerprint density at radius 2 is 1.97 bits per heavy atom. The lowest BCUT2D eigenvalue weighted by Gasteiger charge is -2.32. The van der Waals surface area contributed by atoms with Gasteiger partial charge in [0.15, 0.2) is 5.82 Å². The molecule has 160 valence electrons. The van der Waals surface area contributed by atoms with Gasteiger partial charge in [-0.1, -0.05) is 42.0 Å². The zero-order chi connectivity index (χ0) is 21.6. The van der Waals surface area contributed by atoms with E-state index < -0.39 is 0 Å². The lowest BCUT2D eigenvalue weighted by atomic mass is 9.97. The third-order valence-electron chi connectivity index (χ3n) is 5.71. The minimum Gasteiger partial charge on any atom is -0.497 e. The number of aryl methyl sites for hydroxylation is 1. The first-order valence-electron chi connectivity index (χ1n) is 10.7. The normalized spacial score (nSPS) is 16.1. The fourth-order valence-corrected chi connectivity index (χ4v) is 3.89. The maximum absolute atomic E-state index is 12.8. The van der Waals surface area contributed by atoms with Crippen molar-refractivity contribution >= 4 is 11.7 Å². The number of carbonyl (C=O) groups excluding carboxylic acids is 1. The Labute approximate surface area is 183 Å². The van der Waals surface area contributed by atoms with Gasteiger partial charge in [-0.15, -0.1) is 10.2 Å². The summed E-state index contributed by atoms with van der Waals surface area (Å²) < 4.78 is 5.25. The standard InChI is InChI=1S/C25H28N4O2/c1-18-8-10-20(11-9-18)23-12-13-24(28-27-23)29-14-4-6-21(17-29)25(30)26-16-19-5-3-7-22(15-19)31-2/h3,5,7-13,15,21H,4,6,14,16-17H2,1-2H3,(H,26,30). The molecule has 2 heterocycles. The van der Waals surface area contributed by atoms with E-state index in [0.717, 1.165) is 47.8 Å². The fraction of sp³-hybridized carbons (Fsp3) is 0.320. The maximum Gasteiger partial charge on any atom is 0.225 e. The molecule has 1 aliphatic rings. The molecule has 31 heavy (non-hydrogen) atoms. The Bertz CT molecular complexity index is 1020. The molecule has 4 rings (SSSR count). The summed E-state index contributed by atoms with van der Waals surface area (Å²) in [7, 11) is 1.64. The largest absolute Gasteiger partial charge is 0.497 e. The number of rotatable bonds is 6. The van der Waals surface area contributed by atoms with Gasteiger partial charge in [0.25, 0.3) is 0 Å². The van der Waals surface area contributed by atoms with Crippen LogP contribution in [0.5, 0.6) is 5.75 Å². The lowest BCUT2D eigenvalue weighted by molar-refractivity contribution is -0.125. The van der Waals surface area contributed by atoms with Crippen molar-refractivity contribution in [3.8, 4) is 17.0 Å². The maximum atomic E-state index is 12.8. The number of nitrogens with one attached hydrogen (secondary N) is 1. The van der Waals surface area contributed by atoms with E-state index in [1.54, 1.807) is 7.11 Å². The smallest absolute Gasteiger partial charge is 0.225 e. The predicted octanol–water partition coefficient (Wildman–Crippen LogP) is 3.99. The molecule has 6 heteroatoms. The summed E-state index contributed by atoms with van der Waals surface area (Å²) in [6, 6.07) is 20.0. The molecule has 1 amide bonds. The third kappa shape index (κ3) is 5.20. The molecule has 2 aromatic carbocycles. The summed E-state index contributed by atoms with van der Waals surface area (Å²) in [5, 5.41) is 11.9. The van der Waals surface area contributed by atoms with Gasteiger partial charge < -0.3 is 15.0 Å². The van der Waals surface area contributed by atoms with Gasteiger partial charge in [0.05, 0.1) is 18.7 Å². The van der Waals surface area contributed by atoms with E-state index >= 15 is 0 Å². The lowest BCUT2D eigenvalue weighted by Crippen LogP contribution is -2.43. The summed E-state index contributed by atoms with van der Waals surface area (Å²) in [4.78, 5) is 14.9. The van der Waals surface area contributed by atoms with Crippen LogP contribution in [0.1, 0.15) is 24.0 Å². The van der Waals surface area contributed by atoms with Crippen LogP contribution in [0.3, 0.4) is 0 Å². The van der Waals surface area contributed by atoms with Crippen LogP contribution < -0.4 is 15.0 Å². The van der Waals surface area contributed by atoms with Crippen molar-refractivity contribution in [2.24, 2.45) is 5.92 Å². The molecule has 0 aliphatic carbocycles. The van der Waals surface area contributed by atoms with Crippen LogP contribution in [-0.4, -0.2) is 36.3 Å². The average Bonchev–Trinajstić information content (AvgIpc) is 2.83. The number of anilines is 1. The van der Waals surface area contributed by atoms with Crippen LogP contribution >= 0.6 is 0 Å². The topological polar surface area (TPSA) is 67.3 Å². The zero-order valence-corrected chi connectivity index (χ0v) is 18.0. The number of aromatic nitrogens is 2. The van der Waals surface area contributed by atoms with Crippen molar-refractivity contribution in [3.63, 3.8) is 0 Å². The van der Waals surface area contributed by atoms with Crippen LogP contribution in [0.25, 0.3) is 11.3 Å². The highest BCUT2D eigenvalue weighted by Gasteiger charge is 2.26. The molecule has 0 radical (unpaired) electrons. The molecule has 0 spiro atoms. The first-order chi connectivity index (χ1) is 15.1. The van der Waals surface area contributed by atoms with E-state index in [1.165, 1.54) is 5.56 Å². The monoisotopic (exact) mass is 416 g/mol. The molecule has 1 saturated heterocycles. The van der Waals surface area contributed by atoms with Crippen LogP contribution in [-0.2, 0) is 11.3 Å². The Morgan fingerprint density at radius 3 is 2.71 bits per heavy atom. The molecular weight excluding hydrogens is 388 g/mol. The van der Waals surface area contributed by atoms with Crippen molar-refractivity contribution in [2.45, 2.75) is 26.3 Å². The van der Waals surface area contributed by atoms with Crippen molar-refractivity contribution in [3.05, 3.63) is 71.8 Å². The van der Waals surface area contributed by atoms with Crippen LogP contribution in [0.15, 0.2) is 60.7 Å². The number of hydrogen-bond donors (Lipinski definition) is 1. The highest BCUT2D eigenvalue weighted by atomic mass is 16.5. The van der Waals surface area contributed by atoms with Gasteiger partial charge in [-0.3, -0.25) is 4.79 Å². The third-order valence-corrected chi connectivity index (χ3v) is 5.71.